The molecule has 1 fully saturated rings. The van der Waals surface area contributed by atoms with Crippen LogP contribution in [-0.2, 0) is 27.3 Å². The number of hydrogen-bond donors (Lipinski definition) is 2. The lowest BCUT2D eigenvalue weighted by Crippen LogP contribution is -2.51. The summed E-state index contributed by atoms with van der Waals surface area (Å²) in [6, 6.07) is 19.7. The van der Waals surface area contributed by atoms with Crippen LogP contribution < -0.4 is 5.32 Å². The highest BCUT2D eigenvalue weighted by atomic mass is 16.5. The van der Waals surface area contributed by atoms with Gasteiger partial charge in [-0.05, 0) is 41.0 Å². The Morgan fingerprint density at radius 2 is 1.78 bits per heavy atom. The molecule has 2 N–H and O–H groups in total. The van der Waals surface area contributed by atoms with Gasteiger partial charge in [-0.25, -0.2) is 0 Å². The van der Waals surface area contributed by atoms with Crippen LogP contribution in [-0.4, -0.2) is 46.1 Å². The maximum atomic E-state index is 12.5. The summed E-state index contributed by atoms with van der Waals surface area (Å²) in [7, 11) is 0. The molecule has 0 radical (unpaired) electrons. The number of carbonyl (C=O) groups excluding carboxylic acids is 2. The number of carbonyl (C=O) groups is 2. The number of morpholine rings is 1. The van der Waals surface area contributed by atoms with Gasteiger partial charge in [0, 0.05) is 24.6 Å². The Kier molecular flexibility index (Phi) is 6.89. The standard InChI is InChI=1S/C25H25N3O4/c29-23(14-18-4-2-1-3-5-18)27-21-8-6-20(7-9-21)25(31)22-16-32-17-24(30)28(22)15-19-10-12-26-13-11-19/h1-13,22,25,31H,14-17H2,(H,27,29). The van der Waals surface area contributed by atoms with E-state index in [1.807, 2.05) is 42.5 Å². The number of benzene rings is 2. The first-order valence-electron chi connectivity index (χ1n) is 10.5. The lowest BCUT2D eigenvalue weighted by molar-refractivity contribution is -0.155. The molecule has 1 aliphatic heterocycles. The molecule has 2 heterocycles. The second-order valence-corrected chi connectivity index (χ2v) is 7.74. The van der Waals surface area contributed by atoms with Gasteiger partial charge in [-0.1, -0.05) is 42.5 Å². The predicted molar refractivity (Wildman–Crippen MR) is 120 cm³/mol. The fraction of sp³-hybridized carbons (Fsp3) is 0.240. The summed E-state index contributed by atoms with van der Waals surface area (Å²) in [4.78, 5) is 30.4. The summed E-state index contributed by atoms with van der Waals surface area (Å²) in [5.74, 6) is -0.277. The smallest absolute Gasteiger partial charge is 0.249 e. The molecule has 2 unspecified atom stereocenters. The van der Waals surface area contributed by atoms with Crippen molar-refractivity contribution in [2.75, 3.05) is 18.5 Å². The number of nitrogens with zero attached hydrogens (tertiary/aromatic N) is 2. The molecule has 32 heavy (non-hydrogen) atoms. The molecule has 7 nitrogen and oxygen atoms in total. The number of aromatic nitrogens is 1. The van der Waals surface area contributed by atoms with Crippen molar-refractivity contribution in [3.8, 4) is 0 Å². The molecule has 0 bridgehead atoms. The molecule has 1 aromatic heterocycles. The lowest BCUT2D eigenvalue weighted by atomic mass is 9.99. The van der Waals surface area contributed by atoms with Crippen molar-refractivity contribution < 1.29 is 19.4 Å². The van der Waals surface area contributed by atoms with Gasteiger partial charge in [0.2, 0.25) is 11.8 Å². The zero-order valence-corrected chi connectivity index (χ0v) is 17.6. The molecule has 7 heteroatoms. The minimum atomic E-state index is -0.921. The maximum Gasteiger partial charge on any atom is 0.249 e. The molecule has 4 rings (SSSR count). The fourth-order valence-electron chi connectivity index (χ4n) is 3.75. The Bertz CT molecular complexity index is 1040. The van der Waals surface area contributed by atoms with Crippen molar-refractivity contribution in [1.29, 1.82) is 0 Å². The molecule has 0 aliphatic carbocycles. The van der Waals surface area contributed by atoms with Crippen LogP contribution in [0.15, 0.2) is 79.1 Å². The maximum absolute atomic E-state index is 12.5. The lowest BCUT2D eigenvalue weighted by Gasteiger charge is -2.38. The monoisotopic (exact) mass is 431 g/mol. The highest BCUT2D eigenvalue weighted by molar-refractivity contribution is 5.92. The Balaban J connectivity index is 1.42. The molecule has 0 spiro atoms. The molecule has 2 amide bonds. The van der Waals surface area contributed by atoms with Gasteiger partial charge < -0.3 is 20.1 Å². The van der Waals surface area contributed by atoms with Crippen molar-refractivity contribution in [1.82, 2.24) is 9.88 Å². The van der Waals surface area contributed by atoms with Gasteiger partial charge in [0.25, 0.3) is 0 Å². The van der Waals surface area contributed by atoms with Crippen LogP contribution in [0, 0.1) is 0 Å². The minimum Gasteiger partial charge on any atom is -0.386 e. The predicted octanol–water partition coefficient (Wildman–Crippen LogP) is 2.72. The minimum absolute atomic E-state index is 0.000682. The third kappa shape index (κ3) is 5.38. The Morgan fingerprint density at radius 1 is 1.06 bits per heavy atom. The van der Waals surface area contributed by atoms with Gasteiger partial charge in [0.1, 0.15) is 12.7 Å². The van der Waals surface area contributed by atoms with E-state index in [9.17, 15) is 14.7 Å². The van der Waals surface area contributed by atoms with Crippen LogP contribution in [0.4, 0.5) is 5.69 Å². The van der Waals surface area contributed by atoms with Gasteiger partial charge in [0.05, 0.1) is 19.1 Å². The molecule has 0 saturated carbocycles. The normalized spacial score (nSPS) is 17.1. The van der Waals surface area contributed by atoms with E-state index in [-0.39, 0.29) is 31.4 Å². The fourth-order valence-corrected chi connectivity index (χ4v) is 3.75. The van der Waals surface area contributed by atoms with E-state index in [2.05, 4.69) is 10.3 Å². The summed E-state index contributed by atoms with van der Waals surface area (Å²) in [5, 5.41) is 13.9. The summed E-state index contributed by atoms with van der Waals surface area (Å²) in [6.45, 7) is 0.619. The number of nitrogens with one attached hydrogen (secondary N) is 1. The van der Waals surface area contributed by atoms with E-state index in [1.54, 1.807) is 41.6 Å². The molecular weight excluding hydrogens is 406 g/mol. The summed E-state index contributed by atoms with van der Waals surface area (Å²) >= 11 is 0. The van der Waals surface area contributed by atoms with Gasteiger partial charge in [-0.15, -0.1) is 0 Å². The molecule has 164 valence electrons. The number of pyridine rings is 1. The van der Waals surface area contributed by atoms with E-state index in [0.29, 0.717) is 17.8 Å². The number of rotatable bonds is 7. The Labute approximate surface area is 186 Å². The number of aliphatic hydroxyl groups excluding tert-OH is 1. The van der Waals surface area contributed by atoms with Crippen molar-refractivity contribution in [2.45, 2.75) is 25.1 Å². The third-order valence-corrected chi connectivity index (χ3v) is 5.45. The second kappa shape index (κ2) is 10.2. The average molecular weight is 431 g/mol. The average Bonchev–Trinajstić information content (AvgIpc) is 2.82. The van der Waals surface area contributed by atoms with E-state index in [0.717, 1.165) is 11.1 Å². The summed E-state index contributed by atoms with van der Waals surface area (Å²) < 4.78 is 5.42. The Hall–Kier alpha value is -3.55. The van der Waals surface area contributed by atoms with Crippen molar-refractivity contribution in [3.63, 3.8) is 0 Å². The van der Waals surface area contributed by atoms with Crippen LogP contribution in [0.2, 0.25) is 0 Å². The van der Waals surface area contributed by atoms with E-state index in [1.165, 1.54) is 0 Å². The Morgan fingerprint density at radius 3 is 2.50 bits per heavy atom. The number of amides is 2. The van der Waals surface area contributed by atoms with E-state index >= 15 is 0 Å². The van der Waals surface area contributed by atoms with Gasteiger partial charge in [-0.2, -0.15) is 0 Å². The van der Waals surface area contributed by atoms with Gasteiger partial charge in [-0.3, -0.25) is 14.6 Å². The topological polar surface area (TPSA) is 91.8 Å². The van der Waals surface area contributed by atoms with E-state index < -0.39 is 12.1 Å². The molecular formula is C25H25N3O4. The van der Waals surface area contributed by atoms with Crippen LogP contribution in [0.25, 0.3) is 0 Å². The number of hydrogen-bond acceptors (Lipinski definition) is 5. The zero-order chi connectivity index (χ0) is 22.3. The largest absolute Gasteiger partial charge is 0.386 e. The van der Waals surface area contributed by atoms with E-state index in [4.69, 9.17) is 4.74 Å². The van der Waals surface area contributed by atoms with Crippen molar-refractivity contribution >= 4 is 17.5 Å². The first-order chi connectivity index (χ1) is 15.6. The molecule has 2 atom stereocenters. The summed E-state index contributed by atoms with van der Waals surface area (Å²) in [6.07, 6.45) is 2.72. The van der Waals surface area contributed by atoms with Crippen LogP contribution in [0.3, 0.4) is 0 Å². The van der Waals surface area contributed by atoms with Gasteiger partial charge in [0.15, 0.2) is 0 Å². The van der Waals surface area contributed by atoms with Crippen LogP contribution >= 0.6 is 0 Å². The molecule has 3 aromatic rings. The van der Waals surface area contributed by atoms with Gasteiger partial charge >= 0.3 is 0 Å². The third-order valence-electron chi connectivity index (χ3n) is 5.45. The van der Waals surface area contributed by atoms with Crippen LogP contribution in [0.1, 0.15) is 22.8 Å². The SMILES string of the molecule is O=C(Cc1ccccc1)Nc1ccc(C(O)C2COCC(=O)N2Cc2ccncc2)cc1. The van der Waals surface area contributed by atoms with Crippen molar-refractivity contribution in [3.05, 3.63) is 95.8 Å². The molecule has 1 saturated heterocycles. The zero-order valence-electron chi connectivity index (χ0n) is 17.6. The highest BCUT2D eigenvalue weighted by Crippen LogP contribution is 2.26. The molecule has 1 aliphatic rings. The molecule has 2 aromatic carbocycles. The van der Waals surface area contributed by atoms with Crippen molar-refractivity contribution in [2.24, 2.45) is 0 Å². The second-order valence-electron chi connectivity index (χ2n) is 7.74. The van der Waals surface area contributed by atoms with Crippen LogP contribution in [0.5, 0.6) is 0 Å². The highest BCUT2D eigenvalue weighted by Gasteiger charge is 2.34. The number of anilines is 1. The summed E-state index contributed by atoms with van der Waals surface area (Å²) in [5.41, 5.74) is 3.16. The first-order valence-corrected chi connectivity index (χ1v) is 10.5. The number of ether oxygens (including phenoxy) is 1. The quantitative estimate of drug-likeness (QED) is 0.600. The number of aliphatic hydroxyl groups is 1. The first kappa shape index (κ1) is 21.7.